The molecule has 1 saturated heterocycles. The monoisotopic (exact) mass is 389 g/mol. The van der Waals surface area contributed by atoms with E-state index in [9.17, 15) is 4.79 Å². The summed E-state index contributed by atoms with van der Waals surface area (Å²) in [4.78, 5) is 12.6. The van der Waals surface area contributed by atoms with Gasteiger partial charge in [-0.25, -0.2) is 10.9 Å². The number of carbonyl (C=O) groups is 1. The average Bonchev–Trinajstić information content (AvgIpc) is 3.01. The topological polar surface area (TPSA) is 77.2 Å². The van der Waals surface area contributed by atoms with Crippen molar-refractivity contribution in [3.8, 4) is 0 Å². The van der Waals surface area contributed by atoms with Crippen molar-refractivity contribution in [3.05, 3.63) is 58.1 Å². The molecule has 0 radical (unpaired) electrons. The van der Waals surface area contributed by atoms with Crippen molar-refractivity contribution in [2.75, 3.05) is 10.6 Å². The third-order valence-corrected chi connectivity index (χ3v) is 4.72. The Morgan fingerprint density at radius 1 is 1.08 bits per heavy atom. The number of rotatable bonds is 4. The van der Waals surface area contributed by atoms with Crippen molar-refractivity contribution >= 4 is 33.2 Å². The number of halogens is 1. The molecular weight excluding hydrogens is 370 g/mol. The van der Waals surface area contributed by atoms with Crippen LogP contribution in [0.3, 0.4) is 0 Å². The number of nitrogens with one attached hydrogen (secondary N) is 5. The molecule has 126 valence electrons. The summed E-state index contributed by atoms with van der Waals surface area (Å²) in [6.45, 7) is 4.14. The second-order valence-electron chi connectivity index (χ2n) is 5.78. The van der Waals surface area contributed by atoms with E-state index >= 15 is 0 Å². The molecule has 2 unspecified atom stereocenters. The van der Waals surface area contributed by atoms with Gasteiger partial charge in [0.15, 0.2) is 0 Å². The highest BCUT2D eigenvalue weighted by molar-refractivity contribution is 9.10. The number of hydrogen-bond acceptors (Lipinski definition) is 5. The number of amides is 1. The molecule has 3 rings (SSSR count). The number of benzene rings is 2. The van der Waals surface area contributed by atoms with E-state index in [1.165, 1.54) is 11.1 Å². The molecule has 1 heterocycles. The molecule has 24 heavy (non-hydrogen) atoms. The fourth-order valence-electron chi connectivity index (χ4n) is 2.48. The van der Waals surface area contributed by atoms with Gasteiger partial charge in [0.1, 0.15) is 12.2 Å². The Balaban J connectivity index is 1.69. The molecule has 1 amide bonds. The highest BCUT2D eigenvalue weighted by atomic mass is 79.9. The smallest absolute Gasteiger partial charge is 0.246 e. The molecular formula is C17H20BrN5O. The minimum Gasteiger partial charge on any atom is -0.367 e. The van der Waals surface area contributed by atoms with Gasteiger partial charge in [-0.3, -0.25) is 4.79 Å². The summed E-state index contributed by atoms with van der Waals surface area (Å²) in [7, 11) is 0. The van der Waals surface area contributed by atoms with Crippen LogP contribution >= 0.6 is 15.9 Å². The van der Waals surface area contributed by atoms with Crippen LogP contribution in [0.1, 0.15) is 11.1 Å². The third kappa shape index (κ3) is 3.76. The van der Waals surface area contributed by atoms with Gasteiger partial charge in [0.2, 0.25) is 5.91 Å². The first-order valence-corrected chi connectivity index (χ1v) is 8.49. The lowest BCUT2D eigenvalue weighted by Gasteiger charge is -2.20. The molecule has 5 N–H and O–H groups in total. The van der Waals surface area contributed by atoms with Gasteiger partial charge in [-0.2, -0.15) is 5.53 Å². The van der Waals surface area contributed by atoms with Crippen molar-refractivity contribution < 1.29 is 4.79 Å². The van der Waals surface area contributed by atoms with E-state index in [1.54, 1.807) is 0 Å². The van der Waals surface area contributed by atoms with E-state index < -0.39 is 6.04 Å². The van der Waals surface area contributed by atoms with Gasteiger partial charge < -0.3 is 10.6 Å². The van der Waals surface area contributed by atoms with Crippen molar-refractivity contribution in [1.29, 1.82) is 0 Å². The Kier molecular flexibility index (Phi) is 5.15. The first-order chi connectivity index (χ1) is 11.5. The molecule has 1 aliphatic heterocycles. The molecule has 0 saturated carbocycles. The largest absolute Gasteiger partial charge is 0.367 e. The maximum atomic E-state index is 12.6. The minimum atomic E-state index is -0.473. The van der Waals surface area contributed by atoms with Crippen molar-refractivity contribution in [3.63, 3.8) is 0 Å². The molecule has 0 aromatic heterocycles. The summed E-state index contributed by atoms with van der Waals surface area (Å²) in [5, 5.41) is 6.25. The van der Waals surface area contributed by atoms with Gasteiger partial charge in [-0.1, -0.05) is 18.2 Å². The lowest BCUT2D eigenvalue weighted by Crippen LogP contribution is -2.48. The maximum Gasteiger partial charge on any atom is 0.246 e. The summed E-state index contributed by atoms with van der Waals surface area (Å²) in [6.07, 6.45) is -0.283. The van der Waals surface area contributed by atoms with Gasteiger partial charge in [-0.15, -0.1) is 0 Å². The number of hydrogen-bond donors (Lipinski definition) is 5. The normalized spacial score (nSPS) is 20.0. The number of aryl methyl sites for hydroxylation is 2. The zero-order chi connectivity index (χ0) is 17.1. The summed E-state index contributed by atoms with van der Waals surface area (Å²) < 4.78 is 0.843. The van der Waals surface area contributed by atoms with Crippen LogP contribution in [0.2, 0.25) is 0 Å². The zero-order valence-corrected chi connectivity index (χ0v) is 15.1. The number of para-hydroxylation sites is 1. The number of hydrazine groups is 2. The molecule has 1 aliphatic rings. The fraction of sp³-hybridized carbons (Fsp3) is 0.235. The van der Waals surface area contributed by atoms with Gasteiger partial charge >= 0.3 is 0 Å². The van der Waals surface area contributed by atoms with E-state index in [0.29, 0.717) is 0 Å². The van der Waals surface area contributed by atoms with E-state index in [-0.39, 0.29) is 12.1 Å². The second-order valence-corrected chi connectivity index (χ2v) is 6.64. The van der Waals surface area contributed by atoms with E-state index in [1.807, 2.05) is 30.3 Å². The first-order valence-electron chi connectivity index (χ1n) is 7.70. The Bertz CT molecular complexity index is 752. The van der Waals surface area contributed by atoms with E-state index in [2.05, 4.69) is 68.9 Å². The molecule has 6 nitrogen and oxygen atoms in total. The lowest BCUT2D eigenvalue weighted by molar-refractivity contribution is -0.118. The molecule has 2 atom stereocenters. The van der Waals surface area contributed by atoms with Crippen LogP contribution in [0, 0.1) is 13.8 Å². The first kappa shape index (κ1) is 16.9. The van der Waals surface area contributed by atoms with Crippen LogP contribution in [0.25, 0.3) is 0 Å². The molecule has 2 aromatic carbocycles. The predicted octanol–water partition coefficient (Wildman–Crippen LogP) is 2.42. The third-order valence-electron chi connectivity index (χ3n) is 4.03. The summed E-state index contributed by atoms with van der Waals surface area (Å²) in [5.41, 5.74) is 12.9. The number of carbonyl (C=O) groups excluding carboxylic acids is 1. The SMILES string of the molecule is Cc1ccc(NC2NNNC2C(=O)Nc2ccccc2Br)cc1C. The van der Waals surface area contributed by atoms with E-state index in [0.717, 1.165) is 15.8 Å². The van der Waals surface area contributed by atoms with Crippen molar-refractivity contribution in [1.82, 2.24) is 16.4 Å². The summed E-state index contributed by atoms with van der Waals surface area (Å²) in [6, 6.07) is 13.2. The molecule has 0 bridgehead atoms. The van der Waals surface area contributed by atoms with Crippen LogP contribution in [0.4, 0.5) is 11.4 Å². The highest BCUT2D eigenvalue weighted by Gasteiger charge is 2.33. The molecule has 0 aliphatic carbocycles. The minimum absolute atomic E-state index is 0.138. The lowest BCUT2D eigenvalue weighted by atomic mass is 10.1. The van der Waals surface area contributed by atoms with Crippen LogP contribution < -0.4 is 27.0 Å². The molecule has 1 fully saturated rings. The second kappa shape index (κ2) is 7.31. The highest BCUT2D eigenvalue weighted by Crippen LogP contribution is 2.22. The Labute approximate surface area is 149 Å². The Morgan fingerprint density at radius 2 is 1.88 bits per heavy atom. The van der Waals surface area contributed by atoms with Gasteiger partial charge in [-0.05, 0) is 65.2 Å². The quantitative estimate of drug-likeness (QED) is 0.555. The zero-order valence-electron chi connectivity index (χ0n) is 13.5. The Hall–Kier alpha value is -1.93. The van der Waals surface area contributed by atoms with Crippen LogP contribution in [0.15, 0.2) is 46.9 Å². The van der Waals surface area contributed by atoms with Gasteiger partial charge in [0, 0.05) is 10.2 Å². The summed E-state index contributed by atoms with van der Waals surface area (Å²) >= 11 is 3.43. The predicted molar refractivity (Wildman–Crippen MR) is 99.3 cm³/mol. The van der Waals surface area contributed by atoms with Gasteiger partial charge in [0.05, 0.1) is 5.69 Å². The molecule has 2 aromatic rings. The average molecular weight is 390 g/mol. The summed E-state index contributed by atoms with van der Waals surface area (Å²) in [5.74, 6) is -0.138. The molecule has 0 spiro atoms. The van der Waals surface area contributed by atoms with Crippen molar-refractivity contribution in [2.45, 2.75) is 26.1 Å². The van der Waals surface area contributed by atoms with Gasteiger partial charge in [0.25, 0.3) is 0 Å². The fourth-order valence-corrected chi connectivity index (χ4v) is 2.87. The van der Waals surface area contributed by atoms with Crippen LogP contribution in [0.5, 0.6) is 0 Å². The van der Waals surface area contributed by atoms with Crippen LogP contribution in [-0.2, 0) is 4.79 Å². The molecule has 7 heteroatoms. The Morgan fingerprint density at radius 3 is 2.62 bits per heavy atom. The van der Waals surface area contributed by atoms with E-state index in [4.69, 9.17) is 0 Å². The van der Waals surface area contributed by atoms with Crippen molar-refractivity contribution in [2.24, 2.45) is 0 Å². The number of anilines is 2. The van der Waals surface area contributed by atoms with Crippen LogP contribution in [-0.4, -0.2) is 18.1 Å². The standard InChI is InChI=1S/C17H20BrN5O/c1-10-7-8-12(9-11(10)2)19-16-15(21-23-22-16)17(24)20-14-6-4-3-5-13(14)18/h3-9,15-16,19,21-23H,1-2H3,(H,20,24). The maximum absolute atomic E-state index is 12.6.